The van der Waals surface area contributed by atoms with Crippen LogP contribution in [0.4, 0.5) is 10.5 Å². The Kier molecular flexibility index (Phi) is 4.74. The fourth-order valence-electron chi connectivity index (χ4n) is 3.82. The molecule has 148 valence electrons. The van der Waals surface area contributed by atoms with Crippen molar-refractivity contribution in [2.75, 3.05) is 24.1 Å². The average Bonchev–Trinajstić information content (AvgIpc) is 2.76. The average molecular weight is 394 g/mol. The molecule has 1 N–H and O–H groups in total. The second-order valence-corrected chi connectivity index (χ2v) is 10.2. The normalized spacial score (nSPS) is 19.1. The van der Waals surface area contributed by atoms with Gasteiger partial charge < -0.3 is 9.64 Å². The molecule has 1 fully saturated rings. The maximum Gasteiger partial charge on any atom is 0.410 e. The Balaban J connectivity index is 1.72. The van der Waals surface area contributed by atoms with E-state index in [4.69, 9.17) is 4.74 Å². The Morgan fingerprint density at radius 2 is 1.85 bits per heavy atom. The lowest BCUT2D eigenvalue weighted by atomic mass is 9.75. The fourth-order valence-corrected chi connectivity index (χ4v) is 4.37. The Hall–Kier alpha value is -2.09. The van der Waals surface area contributed by atoms with Crippen LogP contribution >= 0.6 is 0 Å². The number of carbonyl (C=O) groups excluding carboxylic acids is 2. The number of nitrogens with one attached hydrogen (secondary N) is 1. The summed E-state index contributed by atoms with van der Waals surface area (Å²) in [5.41, 5.74) is 0.922. The van der Waals surface area contributed by atoms with Crippen LogP contribution in [-0.2, 0) is 21.2 Å². The van der Waals surface area contributed by atoms with Gasteiger partial charge in [0.2, 0.25) is 10.0 Å². The highest BCUT2D eigenvalue weighted by Crippen LogP contribution is 2.45. The van der Waals surface area contributed by atoms with E-state index in [1.165, 1.54) is 0 Å². The number of ketones is 1. The molecule has 1 aromatic rings. The molecule has 1 saturated heterocycles. The summed E-state index contributed by atoms with van der Waals surface area (Å²) >= 11 is 0. The number of hydrogen-bond acceptors (Lipinski definition) is 5. The lowest BCUT2D eigenvalue weighted by Crippen LogP contribution is -2.47. The molecule has 1 spiro atoms. The summed E-state index contributed by atoms with van der Waals surface area (Å²) in [7, 11) is -3.37. The highest BCUT2D eigenvalue weighted by atomic mass is 32.2. The molecule has 2 aliphatic rings. The molecule has 1 aliphatic carbocycles. The van der Waals surface area contributed by atoms with Crippen molar-refractivity contribution in [3.63, 3.8) is 0 Å². The minimum Gasteiger partial charge on any atom is -0.444 e. The number of amides is 1. The topological polar surface area (TPSA) is 92.8 Å². The Morgan fingerprint density at radius 1 is 1.22 bits per heavy atom. The van der Waals surface area contributed by atoms with Crippen LogP contribution in [0.25, 0.3) is 0 Å². The first-order valence-corrected chi connectivity index (χ1v) is 10.9. The van der Waals surface area contributed by atoms with E-state index >= 15 is 0 Å². The van der Waals surface area contributed by atoms with Crippen molar-refractivity contribution in [3.8, 4) is 0 Å². The SMILES string of the molecule is CC(C)(C)OC(=O)N1CCC2(CC1)Cc1cc(NS(C)(=O)=O)ccc1C2=O. The molecule has 0 radical (unpaired) electrons. The van der Waals surface area contributed by atoms with Gasteiger partial charge in [-0.1, -0.05) is 0 Å². The quantitative estimate of drug-likeness (QED) is 0.833. The van der Waals surface area contributed by atoms with E-state index in [0.717, 1.165) is 11.8 Å². The van der Waals surface area contributed by atoms with E-state index in [0.29, 0.717) is 43.6 Å². The van der Waals surface area contributed by atoms with E-state index in [9.17, 15) is 18.0 Å². The van der Waals surface area contributed by atoms with Crippen molar-refractivity contribution in [1.29, 1.82) is 0 Å². The molecule has 0 atom stereocenters. The summed E-state index contributed by atoms with van der Waals surface area (Å²) in [5, 5.41) is 0. The summed E-state index contributed by atoms with van der Waals surface area (Å²) in [6, 6.07) is 5.05. The third kappa shape index (κ3) is 4.26. The van der Waals surface area contributed by atoms with Gasteiger partial charge in [-0.15, -0.1) is 0 Å². The van der Waals surface area contributed by atoms with Gasteiger partial charge in [0.25, 0.3) is 0 Å². The van der Waals surface area contributed by atoms with E-state index in [2.05, 4.69) is 4.72 Å². The number of anilines is 1. The molecule has 8 heteroatoms. The zero-order chi connectivity index (χ0) is 20.0. The van der Waals surface area contributed by atoms with E-state index in [1.807, 2.05) is 20.8 Å². The smallest absolute Gasteiger partial charge is 0.410 e. The largest absolute Gasteiger partial charge is 0.444 e. The lowest BCUT2D eigenvalue weighted by molar-refractivity contribution is 0.0114. The summed E-state index contributed by atoms with van der Waals surface area (Å²) in [6.45, 7) is 6.44. The van der Waals surface area contributed by atoms with Crippen LogP contribution in [0, 0.1) is 5.41 Å². The summed E-state index contributed by atoms with van der Waals surface area (Å²) < 4.78 is 30.7. The van der Waals surface area contributed by atoms with Gasteiger partial charge in [0.15, 0.2) is 5.78 Å². The molecule has 0 aromatic heterocycles. The first-order valence-electron chi connectivity index (χ1n) is 9.02. The number of hydrogen-bond donors (Lipinski definition) is 1. The maximum absolute atomic E-state index is 13.0. The van der Waals surface area contributed by atoms with Gasteiger partial charge in [0.1, 0.15) is 5.60 Å². The molecule has 1 aromatic carbocycles. The highest BCUT2D eigenvalue weighted by molar-refractivity contribution is 7.92. The molecule has 3 rings (SSSR count). The molecule has 0 saturated carbocycles. The second-order valence-electron chi connectivity index (χ2n) is 8.50. The van der Waals surface area contributed by atoms with Crippen LogP contribution in [0.3, 0.4) is 0 Å². The van der Waals surface area contributed by atoms with Gasteiger partial charge in [-0.3, -0.25) is 9.52 Å². The van der Waals surface area contributed by atoms with Crippen LogP contribution in [0.15, 0.2) is 18.2 Å². The van der Waals surface area contributed by atoms with Gasteiger partial charge in [-0.25, -0.2) is 13.2 Å². The number of sulfonamides is 1. The van der Waals surface area contributed by atoms with Gasteiger partial charge in [-0.05, 0) is 63.8 Å². The minimum atomic E-state index is -3.37. The molecular weight excluding hydrogens is 368 g/mol. The zero-order valence-electron chi connectivity index (χ0n) is 16.2. The van der Waals surface area contributed by atoms with Gasteiger partial charge in [0.05, 0.1) is 6.26 Å². The Bertz CT molecular complexity index is 878. The number of likely N-dealkylation sites (tertiary alicyclic amines) is 1. The van der Waals surface area contributed by atoms with Crippen LogP contribution in [0.1, 0.15) is 49.5 Å². The van der Waals surface area contributed by atoms with Crippen molar-refractivity contribution < 1.29 is 22.7 Å². The van der Waals surface area contributed by atoms with Gasteiger partial charge in [-0.2, -0.15) is 0 Å². The van der Waals surface area contributed by atoms with E-state index in [1.54, 1.807) is 23.1 Å². The number of Topliss-reactive ketones (excluding diaryl/α,β-unsaturated/α-hetero) is 1. The molecule has 0 bridgehead atoms. The van der Waals surface area contributed by atoms with Crippen molar-refractivity contribution in [3.05, 3.63) is 29.3 Å². The number of carbonyl (C=O) groups is 2. The molecule has 1 aliphatic heterocycles. The highest BCUT2D eigenvalue weighted by Gasteiger charge is 2.48. The third-order valence-electron chi connectivity index (χ3n) is 5.04. The monoisotopic (exact) mass is 394 g/mol. The number of piperidine rings is 1. The van der Waals surface area contributed by atoms with Crippen molar-refractivity contribution >= 4 is 27.6 Å². The zero-order valence-corrected chi connectivity index (χ0v) is 17.0. The predicted molar refractivity (Wildman–Crippen MR) is 102 cm³/mol. The first-order chi connectivity index (χ1) is 12.4. The number of nitrogens with zero attached hydrogens (tertiary/aromatic N) is 1. The molecule has 7 nitrogen and oxygen atoms in total. The van der Waals surface area contributed by atoms with Crippen molar-refractivity contribution in [1.82, 2.24) is 4.90 Å². The van der Waals surface area contributed by atoms with Gasteiger partial charge >= 0.3 is 6.09 Å². The number of benzene rings is 1. The first kappa shape index (κ1) is 19.7. The Labute approximate surface area is 160 Å². The minimum absolute atomic E-state index is 0.0900. The molecular formula is C19H26N2O5S. The molecule has 1 amide bonds. The van der Waals surface area contributed by atoms with E-state index in [-0.39, 0.29) is 11.9 Å². The van der Waals surface area contributed by atoms with Crippen molar-refractivity contribution in [2.45, 2.75) is 45.6 Å². The van der Waals surface area contributed by atoms with Crippen LogP contribution in [-0.4, -0.2) is 50.1 Å². The second kappa shape index (κ2) is 6.51. The summed E-state index contributed by atoms with van der Waals surface area (Å²) in [6.07, 6.45) is 2.48. The fraction of sp³-hybridized carbons (Fsp3) is 0.579. The lowest BCUT2D eigenvalue weighted by Gasteiger charge is -2.38. The van der Waals surface area contributed by atoms with Crippen molar-refractivity contribution in [2.24, 2.45) is 5.41 Å². The van der Waals surface area contributed by atoms with E-state index < -0.39 is 21.0 Å². The van der Waals surface area contributed by atoms with Crippen LogP contribution < -0.4 is 4.72 Å². The molecule has 0 unspecified atom stereocenters. The van der Waals surface area contributed by atoms with Gasteiger partial charge in [0, 0.05) is 29.8 Å². The number of ether oxygens (including phenoxy) is 1. The Morgan fingerprint density at radius 3 is 2.41 bits per heavy atom. The van der Waals surface area contributed by atoms with Crippen LogP contribution in [0.2, 0.25) is 0 Å². The molecule has 27 heavy (non-hydrogen) atoms. The third-order valence-corrected chi connectivity index (χ3v) is 5.64. The molecule has 1 heterocycles. The predicted octanol–water partition coefficient (Wildman–Crippen LogP) is 2.81. The maximum atomic E-state index is 13.0. The summed E-state index contributed by atoms with van der Waals surface area (Å²) in [5.74, 6) is 0.0900. The standard InChI is InChI=1S/C19H26N2O5S/c1-18(2,3)26-17(23)21-9-7-19(8-10-21)12-13-11-14(20-27(4,24)25)5-6-15(13)16(19)22/h5-6,11,20H,7-10,12H2,1-4H3. The van der Waals surface area contributed by atoms with Crippen LogP contribution in [0.5, 0.6) is 0 Å². The number of rotatable bonds is 2. The number of fused-ring (bicyclic) bond motifs is 1. The summed E-state index contributed by atoms with van der Waals surface area (Å²) in [4.78, 5) is 26.9.